The Morgan fingerprint density at radius 3 is 2.69 bits per heavy atom. The Balaban J connectivity index is 3.60. The molecule has 0 aliphatic carbocycles. The second kappa shape index (κ2) is 7.25. The van der Waals surface area contributed by atoms with Gasteiger partial charge in [-0.15, -0.1) is 12.3 Å². The molecular weight excluding hydrogens is 162 g/mol. The van der Waals surface area contributed by atoms with Crippen molar-refractivity contribution in [3.8, 4) is 24.2 Å². The fraction of sp³-hybridized carbons (Fsp3) is 0.545. The molecule has 70 valence electrons. The van der Waals surface area contributed by atoms with Crippen LogP contribution in [-0.4, -0.2) is 12.5 Å². The van der Waals surface area contributed by atoms with E-state index in [-0.39, 0.29) is 5.91 Å². The minimum Gasteiger partial charge on any atom is -0.345 e. The molecule has 0 aliphatic rings. The Bertz CT molecular complexity index is 249. The summed E-state index contributed by atoms with van der Waals surface area (Å²) in [5, 5.41) is 2.69. The Hall–Kier alpha value is -1.41. The van der Waals surface area contributed by atoms with Gasteiger partial charge in [0.15, 0.2) is 0 Å². The molecule has 0 aliphatic heterocycles. The van der Waals surface area contributed by atoms with Gasteiger partial charge < -0.3 is 5.32 Å². The van der Waals surface area contributed by atoms with Gasteiger partial charge in [-0.05, 0) is 11.8 Å². The molecule has 0 unspecified atom stereocenters. The van der Waals surface area contributed by atoms with Crippen LogP contribution in [0.25, 0.3) is 0 Å². The third-order valence-electron chi connectivity index (χ3n) is 1.27. The molecule has 0 fully saturated rings. The molecule has 0 heterocycles. The van der Waals surface area contributed by atoms with E-state index in [1.54, 1.807) is 0 Å². The lowest BCUT2D eigenvalue weighted by atomic mass is 10.2. The first-order valence-corrected chi connectivity index (χ1v) is 4.37. The molecule has 13 heavy (non-hydrogen) atoms. The highest BCUT2D eigenvalue weighted by Crippen LogP contribution is 1.86. The molecule has 0 bridgehead atoms. The van der Waals surface area contributed by atoms with Crippen LogP contribution in [0.4, 0.5) is 0 Å². The summed E-state index contributed by atoms with van der Waals surface area (Å²) < 4.78 is 0. The molecule has 2 nitrogen and oxygen atoms in total. The fourth-order valence-corrected chi connectivity index (χ4v) is 0.618. The second-order valence-corrected chi connectivity index (χ2v) is 3.11. The quantitative estimate of drug-likeness (QED) is 0.509. The van der Waals surface area contributed by atoms with E-state index >= 15 is 0 Å². The van der Waals surface area contributed by atoms with Gasteiger partial charge in [0.05, 0.1) is 0 Å². The van der Waals surface area contributed by atoms with Crippen LogP contribution in [0.3, 0.4) is 0 Å². The lowest BCUT2D eigenvalue weighted by Gasteiger charge is -2.02. The first-order valence-electron chi connectivity index (χ1n) is 4.37. The summed E-state index contributed by atoms with van der Waals surface area (Å²) >= 11 is 0. The van der Waals surface area contributed by atoms with Crippen molar-refractivity contribution < 1.29 is 4.79 Å². The zero-order valence-electron chi connectivity index (χ0n) is 8.18. The van der Waals surface area contributed by atoms with Gasteiger partial charge in [0.2, 0.25) is 0 Å². The predicted octanol–water partition coefficient (Wildman–Crippen LogP) is 1.18. The summed E-state index contributed by atoms with van der Waals surface area (Å²) in [6.45, 7) is 4.74. The summed E-state index contributed by atoms with van der Waals surface area (Å²) in [5.41, 5.74) is 0. The Kier molecular flexibility index (Phi) is 6.46. The molecule has 0 aromatic carbocycles. The maximum atomic E-state index is 11.0. The van der Waals surface area contributed by atoms with Crippen LogP contribution in [0.5, 0.6) is 0 Å². The highest BCUT2D eigenvalue weighted by Gasteiger charge is 1.96. The standard InChI is InChI=1S/C11H15NO/c1-4-5-6-7-8-11(13)12-9-10(2)3/h1,10H,5-6,9H2,2-3H3,(H,12,13). The molecule has 0 saturated heterocycles. The third kappa shape index (κ3) is 8.50. The smallest absolute Gasteiger partial charge is 0.295 e. The largest absolute Gasteiger partial charge is 0.345 e. The molecule has 1 N–H and O–H groups in total. The van der Waals surface area contributed by atoms with Gasteiger partial charge in [-0.2, -0.15) is 0 Å². The van der Waals surface area contributed by atoms with Crippen molar-refractivity contribution in [2.24, 2.45) is 5.92 Å². The lowest BCUT2D eigenvalue weighted by Crippen LogP contribution is -2.25. The number of nitrogens with one attached hydrogen (secondary N) is 1. The van der Waals surface area contributed by atoms with Crippen molar-refractivity contribution in [1.29, 1.82) is 0 Å². The van der Waals surface area contributed by atoms with E-state index in [2.05, 4.69) is 23.1 Å². The van der Waals surface area contributed by atoms with Gasteiger partial charge >= 0.3 is 0 Å². The van der Waals surface area contributed by atoms with Gasteiger partial charge in [0, 0.05) is 19.4 Å². The lowest BCUT2D eigenvalue weighted by molar-refractivity contribution is -0.115. The van der Waals surface area contributed by atoms with Crippen LogP contribution in [0.15, 0.2) is 0 Å². The van der Waals surface area contributed by atoms with Gasteiger partial charge in [0.25, 0.3) is 5.91 Å². The van der Waals surface area contributed by atoms with E-state index < -0.39 is 0 Å². The number of amides is 1. The van der Waals surface area contributed by atoms with E-state index in [0.717, 1.165) is 0 Å². The number of terminal acetylenes is 1. The van der Waals surface area contributed by atoms with E-state index in [4.69, 9.17) is 6.42 Å². The number of carbonyl (C=O) groups is 1. The highest BCUT2D eigenvalue weighted by atomic mass is 16.1. The molecule has 0 saturated carbocycles. The summed E-state index contributed by atoms with van der Waals surface area (Å²) in [6, 6.07) is 0. The average molecular weight is 177 g/mol. The zero-order valence-corrected chi connectivity index (χ0v) is 8.18. The van der Waals surface area contributed by atoms with Crippen molar-refractivity contribution in [2.75, 3.05) is 6.54 Å². The van der Waals surface area contributed by atoms with E-state index in [1.165, 1.54) is 0 Å². The Morgan fingerprint density at radius 1 is 1.46 bits per heavy atom. The van der Waals surface area contributed by atoms with Crippen LogP contribution in [-0.2, 0) is 4.79 Å². The summed E-state index contributed by atoms with van der Waals surface area (Å²) in [5.74, 6) is 7.88. The molecular formula is C11H15NO. The van der Waals surface area contributed by atoms with Crippen LogP contribution >= 0.6 is 0 Å². The van der Waals surface area contributed by atoms with Crippen molar-refractivity contribution in [3.63, 3.8) is 0 Å². The molecule has 0 aromatic heterocycles. The summed E-state index contributed by atoms with van der Waals surface area (Å²) in [6.07, 6.45) is 6.22. The molecule has 0 spiro atoms. The fourth-order valence-electron chi connectivity index (χ4n) is 0.618. The SMILES string of the molecule is C#CCCC#CC(=O)NCC(C)C. The topological polar surface area (TPSA) is 29.1 Å². The van der Waals surface area contributed by atoms with Crippen molar-refractivity contribution in [3.05, 3.63) is 0 Å². The molecule has 2 heteroatoms. The third-order valence-corrected chi connectivity index (χ3v) is 1.27. The van der Waals surface area contributed by atoms with E-state index in [9.17, 15) is 4.79 Å². The molecule has 1 amide bonds. The van der Waals surface area contributed by atoms with Gasteiger partial charge in [-0.3, -0.25) is 4.79 Å². The predicted molar refractivity (Wildman–Crippen MR) is 53.7 cm³/mol. The number of hydrogen-bond acceptors (Lipinski definition) is 1. The summed E-state index contributed by atoms with van der Waals surface area (Å²) in [7, 11) is 0. The molecule has 0 radical (unpaired) electrons. The monoisotopic (exact) mass is 177 g/mol. The molecule has 0 aromatic rings. The highest BCUT2D eigenvalue weighted by molar-refractivity contribution is 5.93. The second-order valence-electron chi connectivity index (χ2n) is 3.11. The summed E-state index contributed by atoms with van der Waals surface area (Å²) in [4.78, 5) is 11.0. The Labute approximate surface area is 80.1 Å². The number of hydrogen-bond donors (Lipinski definition) is 1. The normalized spacial score (nSPS) is 8.46. The average Bonchev–Trinajstić information content (AvgIpc) is 2.09. The molecule has 0 rings (SSSR count). The first-order chi connectivity index (χ1) is 6.16. The minimum absolute atomic E-state index is 0.217. The zero-order chi connectivity index (χ0) is 10.1. The number of unbranched alkanes of at least 4 members (excludes halogenated alkanes) is 1. The first kappa shape index (κ1) is 11.6. The number of carbonyl (C=O) groups excluding carboxylic acids is 1. The van der Waals surface area contributed by atoms with Gasteiger partial charge in [-0.1, -0.05) is 19.8 Å². The Morgan fingerprint density at radius 2 is 2.15 bits per heavy atom. The van der Waals surface area contributed by atoms with Gasteiger partial charge in [-0.25, -0.2) is 0 Å². The van der Waals surface area contributed by atoms with Crippen LogP contribution < -0.4 is 5.32 Å². The maximum absolute atomic E-state index is 11.0. The van der Waals surface area contributed by atoms with Crippen molar-refractivity contribution >= 4 is 5.91 Å². The van der Waals surface area contributed by atoms with Crippen LogP contribution in [0, 0.1) is 30.1 Å². The molecule has 0 atom stereocenters. The van der Waals surface area contributed by atoms with Crippen molar-refractivity contribution in [2.45, 2.75) is 26.7 Å². The maximum Gasteiger partial charge on any atom is 0.295 e. The van der Waals surface area contributed by atoms with Gasteiger partial charge in [0.1, 0.15) is 0 Å². The minimum atomic E-state index is -0.217. The van der Waals surface area contributed by atoms with Crippen LogP contribution in [0.2, 0.25) is 0 Å². The van der Waals surface area contributed by atoms with E-state index in [0.29, 0.717) is 25.3 Å². The van der Waals surface area contributed by atoms with Crippen LogP contribution in [0.1, 0.15) is 26.7 Å². The van der Waals surface area contributed by atoms with E-state index in [1.807, 2.05) is 13.8 Å². The van der Waals surface area contributed by atoms with Crippen molar-refractivity contribution in [1.82, 2.24) is 5.32 Å². The number of rotatable bonds is 3.